The molecule has 2 rings (SSSR count). The van der Waals surface area contributed by atoms with Crippen LogP contribution in [0.1, 0.15) is 5.56 Å². The van der Waals surface area contributed by atoms with Gasteiger partial charge in [-0.1, -0.05) is 18.2 Å². The van der Waals surface area contributed by atoms with Crippen LogP contribution in [0.15, 0.2) is 46.5 Å². The lowest BCUT2D eigenvalue weighted by atomic mass is 10.2. The second-order valence-electron chi connectivity index (χ2n) is 2.46. The standard InChI is InChI=1S/C10H8N2/c1-2-5-10-9(4-1)8-11-6-3-7-12-10/h1-8H/b6-3-,7-3?,9-8?,11-6?,11-8?,12-7?,12-10?. The molecule has 1 aliphatic rings. The fourth-order valence-electron chi connectivity index (χ4n) is 1.05. The third-order valence-corrected chi connectivity index (χ3v) is 1.62. The predicted molar refractivity (Wildman–Crippen MR) is 51.3 cm³/mol. The lowest BCUT2D eigenvalue weighted by molar-refractivity contribution is 1.48. The molecule has 0 N–H and O–H groups in total. The smallest absolute Gasteiger partial charge is 0.0717 e. The van der Waals surface area contributed by atoms with Crippen molar-refractivity contribution in [1.29, 1.82) is 0 Å². The summed E-state index contributed by atoms with van der Waals surface area (Å²) in [5, 5.41) is 0. The van der Waals surface area contributed by atoms with Crippen molar-refractivity contribution in [2.75, 3.05) is 0 Å². The molecule has 0 amide bonds. The first-order chi connectivity index (χ1) is 5.97. The van der Waals surface area contributed by atoms with Gasteiger partial charge in [0.25, 0.3) is 0 Å². The Morgan fingerprint density at radius 3 is 3.00 bits per heavy atom. The lowest BCUT2D eigenvalue weighted by Gasteiger charge is -1.98. The number of nitrogens with zero attached hydrogens (tertiary/aromatic N) is 2. The molecule has 0 unspecified atom stereocenters. The van der Waals surface area contributed by atoms with Crippen LogP contribution < -0.4 is 0 Å². The molecule has 0 fully saturated rings. The molecule has 1 aliphatic heterocycles. The van der Waals surface area contributed by atoms with Gasteiger partial charge in [-0.05, 0) is 12.1 Å². The van der Waals surface area contributed by atoms with E-state index in [0.29, 0.717) is 0 Å². The van der Waals surface area contributed by atoms with E-state index in [1.165, 1.54) is 0 Å². The highest BCUT2D eigenvalue weighted by molar-refractivity contribution is 5.90. The summed E-state index contributed by atoms with van der Waals surface area (Å²) in [6.07, 6.45) is 7.09. The predicted octanol–water partition coefficient (Wildman–Crippen LogP) is 2.34. The van der Waals surface area contributed by atoms with Crippen LogP contribution in [-0.2, 0) is 0 Å². The van der Waals surface area contributed by atoms with E-state index in [-0.39, 0.29) is 0 Å². The van der Waals surface area contributed by atoms with Crippen LogP contribution in [0.5, 0.6) is 0 Å². The summed E-state index contributed by atoms with van der Waals surface area (Å²) in [7, 11) is 0. The van der Waals surface area contributed by atoms with Crippen molar-refractivity contribution in [2.45, 2.75) is 0 Å². The maximum Gasteiger partial charge on any atom is 0.0717 e. The van der Waals surface area contributed by atoms with Gasteiger partial charge in [0, 0.05) is 24.2 Å². The number of fused-ring (bicyclic) bond motifs is 1. The molecule has 1 aromatic carbocycles. The second kappa shape index (κ2) is 3.13. The third kappa shape index (κ3) is 1.32. The minimum absolute atomic E-state index is 0.964. The monoisotopic (exact) mass is 156 g/mol. The number of aliphatic imine (C=N–C) groups is 2. The van der Waals surface area contributed by atoms with Gasteiger partial charge < -0.3 is 0 Å². The van der Waals surface area contributed by atoms with Crippen molar-refractivity contribution in [3.8, 4) is 0 Å². The number of para-hydroxylation sites is 1. The summed E-state index contributed by atoms with van der Waals surface area (Å²) >= 11 is 0. The second-order valence-corrected chi connectivity index (χ2v) is 2.46. The zero-order valence-electron chi connectivity index (χ0n) is 6.51. The Morgan fingerprint density at radius 1 is 1.08 bits per heavy atom. The van der Waals surface area contributed by atoms with Crippen LogP contribution in [0.25, 0.3) is 0 Å². The minimum atomic E-state index is 0.964. The molecule has 1 aromatic rings. The molecule has 12 heavy (non-hydrogen) atoms. The van der Waals surface area contributed by atoms with Gasteiger partial charge in [-0.15, -0.1) is 0 Å². The third-order valence-electron chi connectivity index (χ3n) is 1.62. The maximum atomic E-state index is 4.24. The Kier molecular flexibility index (Phi) is 1.82. The van der Waals surface area contributed by atoms with E-state index < -0.39 is 0 Å². The van der Waals surface area contributed by atoms with Crippen LogP contribution in [0.3, 0.4) is 0 Å². The summed E-state index contributed by atoms with van der Waals surface area (Å²) < 4.78 is 0. The van der Waals surface area contributed by atoms with Crippen molar-refractivity contribution in [1.82, 2.24) is 0 Å². The maximum absolute atomic E-state index is 4.24. The molecule has 0 bridgehead atoms. The molecule has 0 atom stereocenters. The largest absolute Gasteiger partial charge is 0.264 e. The molecule has 0 saturated carbocycles. The van der Waals surface area contributed by atoms with Crippen LogP contribution in [0.2, 0.25) is 0 Å². The molecular weight excluding hydrogens is 148 g/mol. The normalized spacial score (nSPS) is 16.3. The molecule has 0 aromatic heterocycles. The summed E-state index contributed by atoms with van der Waals surface area (Å²) in [5.74, 6) is 0. The first-order valence-corrected chi connectivity index (χ1v) is 3.78. The zero-order valence-corrected chi connectivity index (χ0v) is 6.51. The molecule has 2 heteroatoms. The summed E-state index contributed by atoms with van der Waals surface area (Å²) in [5.41, 5.74) is 2.02. The Morgan fingerprint density at radius 2 is 2.00 bits per heavy atom. The molecule has 1 heterocycles. The van der Waals surface area contributed by atoms with Crippen LogP contribution in [0, 0.1) is 0 Å². The molecule has 58 valence electrons. The highest BCUT2D eigenvalue weighted by atomic mass is 14.7. The first kappa shape index (κ1) is 6.98. The number of allylic oxidation sites excluding steroid dienone is 1. The van der Waals surface area contributed by atoms with Gasteiger partial charge >= 0.3 is 0 Å². The number of hydrogen-bond donors (Lipinski definition) is 0. The van der Waals surface area contributed by atoms with E-state index >= 15 is 0 Å². The van der Waals surface area contributed by atoms with Crippen LogP contribution in [0.4, 0.5) is 5.69 Å². The first-order valence-electron chi connectivity index (χ1n) is 3.78. The highest BCUT2D eigenvalue weighted by Crippen LogP contribution is 2.16. The fraction of sp³-hybridized carbons (Fsp3) is 0. The van der Waals surface area contributed by atoms with Gasteiger partial charge in [-0.25, -0.2) is 0 Å². The average molecular weight is 156 g/mol. The van der Waals surface area contributed by atoms with E-state index in [2.05, 4.69) is 9.98 Å². The van der Waals surface area contributed by atoms with E-state index in [0.717, 1.165) is 11.3 Å². The van der Waals surface area contributed by atoms with Gasteiger partial charge in [0.05, 0.1) is 5.69 Å². The Hall–Kier alpha value is -1.70. The SMILES string of the molecule is C1=N/C=C\C=Nc2ccccc21. The van der Waals surface area contributed by atoms with E-state index in [4.69, 9.17) is 0 Å². The van der Waals surface area contributed by atoms with Gasteiger partial charge in [0.1, 0.15) is 0 Å². The number of benzene rings is 1. The summed E-state index contributed by atoms with van der Waals surface area (Å²) in [6.45, 7) is 0. The Labute approximate surface area is 71.0 Å². The summed E-state index contributed by atoms with van der Waals surface area (Å²) in [4.78, 5) is 8.32. The van der Waals surface area contributed by atoms with Crippen molar-refractivity contribution in [3.63, 3.8) is 0 Å². The molecular formula is C10H8N2. The summed E-state index contributed by atoms with van der Waals surface area (Å²) in [6, 6.07) is 7.91. The van der Waals surface area contributed by atoms with E-state index in [1.807, 2.05) is 36.6 Å². The van der Waals surface area contributed by atoms with Crippen LogP contribution >= 0.6 is 0 Å². The lowest BCUT2D eigenvalue weighted by Crippen LogP contribution is -1.83. The van der Waals surface area contributed by atoms with E-state index in [1.54, 1.807) is 12.4 Å². The van der Waals surface area contributed by atoms with Crippen molar-refractivity contribution < 1.29 is 0 Å². The van der Waals surface area contributed by atoms with Gasteiger partial charge in [-0.3, -0.25) is 9.98 Å². The molecule has 0 saturated heterocycles. The zero-order chi connectivity index (χ0) is 8.23. The number of rotatable bonds is 0. The Bertz CT molecular complexity index is 327. The molecule has 0 spiro atoms. The molecule has 0 aliphatic carbocycles. The van der Waals surface area contributed by atoms with Crippen molar-refractivity contribution in [2.24, 2.45) is 9.98 Å². The van der Waals surface area contributed by atoms with Gasteiger partial charge in [-0.2, -0.15) is 0 Å². The highest BCUT2D eigenvalue weighted by Gasteiger charge is 1.95. The minimum Gasteiger partial charge on any atom is -0.264 e. The van der Waals surface area contributed by atoms with Gasteiger partial charge in [0.2, 0.25) is 0 Å². The fourth-order valence-corrected chi connectivity index (χ4v) is 1.05. The average Bonchev–Trinajstić information content (AvgIpc) is 2.06. The number of hydrogen-bond acceptors (Lipinski definition) is 2. The topological polar surface area (TPSA) is 24.7 Å². The van der Waals surface area contributed by atoms with Crippen molar-refractivity contribution in [3.05, 3.63) is 42.1 Å². The quantitative estimate of drug-likeness (QED) is 0.550. The molecule has 2 nitrogen and oxygen atoms in total. The van der Waals surface area contributed by atoms with E-state index in [9.17, 15) is 0 Å². The van der Waals surface area contributed by atoms with Crippen molar-refractivity contribution >= 4 is 18.1 Å². The Balaban J connectivity index is 2.54. The van der Waals surface area contributed by atoms with Gasteiger partial charge in [0.15, 0.2) is 0 Å². The van der Waals surface area contributed by atoms with Crippen LogP contribution in [-0.4, -0.2) is 12.4 Å². The molecule has 0 radical (unpaired) electrons.